The van der Waals surface area contributed by atoms with Crippen LogP contribution in [-0.2, 0) is 4.74 Å². The van der Waals surface area contributed by atoms with Crippen molar-refractivity contribution >= 4 is 35.3 Å². The van der Waals surface area contributed by atoms with E-state index >= 15 is 0 Å². The third kappa shape index (κ3) is 3.25. The molecule has 1 spiro atoms. The zero-order valence-corrected chi connectivity index (χ0v) is 14.0. The maximum Gasteiger partial charge on any atom is 0.0783 e. The van der Waals surface area contributed by atoms with Crippen LogP contribution in [-0.4, -0.2) is 56.9 Å². The van der Waals surface area contributed by atoms with Crippen molar-refractivity contribution in [2.24, 2.45) is 5.92 Å². The van der Waals surface area contributed by atoms with Crippen molar-refractivity contribution in [1.82, 2.24) is 0 Å². The summed E-state index contributed by atoms with van der Waals surface area (Å²) < 4.78 is 6.08. The number of aliphatic hydroxyl groups is 1. The molecule has 2 nitrogen and oxygen atoms in total. The van der Waals surface area contributed by atoms with Crippen molar-refractivity contribution < 1.29 is 9.84 Å². The molecule has 0 aromatic carbocycles. The van der Waals surface area contributed by atoms with Gasteiger partial charge in [0.05, 0.1) is 11.7 Å². The molecule has 0 saturated carbocycles. The van der Waals surface area contributed by atoms with E-state index in [1.807, 2.05) is 35.3 Å². The van der Waals surface area contributed by atoms with Crippen molar-refractivity contribution in [3.63, 3.8) is 0 Å². The van der Waals surface area contributed by atoms with Gasteiger partial charge in [0.25, 0.3) is 0 Å². The molecule has 3 saturated heterocycles. The third-order valence-electron chi connectivity index (χ3n) is 4.65. The molecule has 19 heavy (non-hydrogen) atoms. The average Bonchev–Trinajstić information content (AvgIpc) is 2.86. The smallest absolute Gasteiger partial charge is 0.0783 e. The minimum Gasteiger partial charge on any atom is -0.392 e. The fourth-order valence-electron chi connectivity index (χ4n) is 3.51. The van der Waals surface area contributed by atoms with Gasteiger partial charge in [0.2, 0.25) is 0 Å². The normalized spacial score (nSPS) is 45.5. The highest BCUT2D eigenvalue weighted by Crippen LogP contribution is 2.44. The van der Waals surface area contributed by atoms with Crippen LogP contribution in [0.3, 0.4) is 0 Å². The van der Waals surface area contributed by atoms with Crippen LogP contribution in [0.25, 0.3) is 0 Å². The molecule has 0 bridgehead atoms. The van der Waals surface area contributed by atoms with Gasteiger partial charge in [0, 0.05) is 34.4 Å². The summed E-state index contributed by atoms with van der Waals surface area (Å²) in [5.41, 5.74) is 0.101. The molecule has 0 radical (unpaired) electrons. The summed E-state index contributed by atoms with van der Waals surface area (Å²) in [4.78, 5) is 0. The van der Waals surface area contributed by atoms with Crippen molar-refractivity contribution in [2.45, 2.75) is 48.4 Å². The van der Waals surface area contributed by atoms with E-state index in [1.54, 1.807) is 0 Å². The van der Waals surface area contributed by atoms with Crippen LogP contribution < -0.4 is 0 Å². The molecule has 0 aliphatic carbocycles. The fourth-order valence-corrected chi connectivity index (χ4v) is 7.82. The van der Waals surface area contributed by atoms with Crippen LogP contribution in [0.1, 0.15) is 26.2 Å². The minimum atomic E-state index is -0.140. The Morgan fingerprint density at radius 2 is 2.11 bits per heavy atom. The van der Waals surface area contributed by atoms with Gasteiger partial charge < -0.3 is 9.84 Å². The molecule has 3 fully saturated rings. The summed E-state index contributed by atoms with van der Waals surface area (Å²) in [6, 6.07) is 0. The van der Waals surface area contributed by atoms with Gasteiger partial charge in [-0.25, -0.2) is 0 Å². The summed E-state index contributed by atoms with van der Waals surface area (Å²) in [7, 11) is 0. The quantitative estimate of drug-likeness (QED) is 0.845. The Bertz CT molecular complexity index is 307. The number of aliphatic hydroxyl groups excluding tert-OH is 1. The molecule has 0 amide bonds. The van der Waals surface area contributed by atoms with Gasteiger partial charge in [-0.05, 0) is 30.9 Å². The molecule has 0 aromatic rings. The lowest BCUT2D eigenvalue weighted by Crippen LogP contribution is -2.47. The Labute approximate surface area is 129 Å². The lowest BCUT2D eigenvalue weighted by atomic mass is 9.81. The molecule has 1 N–H and O–H groups in total. The molecule has 3 heterocycles. The maximum absolute atomic E-state index is 10.8. The van der Waals surface area contributed by atoms with E-state index in [0.29, 0.717) is 16.4 Å². The fraction of sp³-hybridized carbons (Fsp3) is 1.00. The van der Waals surface area contributed by atoms with Crippen LogP contribution in [0.2, 0.25) is 0 Å². The first kappa shape index (κ1) is 14.9. The molecule has 3 aliphatic rings. The van der Waals surface area contributed by atoms with Gasteiger partial charge in [0.15, 0.2) is 0 Å². The van der Waals surface area contributed by atoms with Crippen LogP contribution >= 0.6 is 35.3 Å². The van der Waals surface area contributed by atoms with E-state index in [-0.39, 0.29) is 11.7 Å². The molecule has 3 aliphatic heterocycles. The van der Waals surface area contributed by atoms with Gasteiger partial charge in [-0.3, -0.25) is 0 Å². The summed E-state index contributed by atoms with van der Waals surface area (Å²) in [5.74, 6) is 5.25. The lowest BCUT2D eigenvalue weighted by Gasteiger charge is -2.43. The molecule has 5 unspecified atom stereocenters. The maximum atomic E-state index is 10.8. The topological polar surface area (TPSA) is 29.5 Å². The molecule has 3 rings (SSSR count). The third-order valence-corrected chi connectivity index (χ3v) is 9.08. The van der Waals surface area contributed by atoms with Crippen LogP contribution in [0.5, 0.6) is 0 Å². The van der Waals surface area contributed by atoms with Gasteiger partial charge in [0.1, 0.15) is 0 Å². The molecular formula is C14H24O2S3. The van der Waals surface area contributed by atoms with Gasteiger partial charge >= 0.3 is 0 Å². The van der Waals surface area contributed by atoms with Crippen molar-refractivity contribution in [3.8, 4) is 0 Å². The van der Waals surface area contributed by atoms with Gasteiger partial charge in [-0.1, -0.05) is 6.92 Å². The molecule has 110 valence electrons. The first-order valence-electron chi connectivity index (χ1n) is 7.33. The first-order chi connectivity index (χ1) is 9.20. The Balaban J connectivity index is 1.64. The van der Waals surface area contributed by atoms with E-state index in [1.165, 1.54) is 23.7 Å². The van der Waals surface area contributed by atoms with Gasteiger partial charge in [-0.15, -0.1) is 0 Å². The Kier molecular flexibility index (Phi) is 5.00. The number of thioether (sulfide) groups is 3. The van der Waals surface area contributed by atoms with E-state index in [2.05, 4.69) is 6.92 Å². The van der Waals surface area contributed by atoms with Gasteiger partial charge in [-0.2, -0.15) is 35.3 Å². The average molecular weight is 321 g/mol. The number of hydrogen-bond donors (Lipinski definition) is 1. The molecule has 0 aromatic heterocycles. The zero-order valence-electron chi connectivity index (χ0n) is 11.5. The summed E-state index contributed by atoms with van der Waals surface area (Å²) in [6.45, 7) is 3.13. The monoisotopic (exact) mass is 320 g/mol. The Morgan fingerprint density at radius 1 is 1.26 bits per heavy atom. The standard InChI is InChI=1S/C14H24O2S3/c1-10-13(19-7-6-18-10)12(15)11-2-4-16-14(8-11)3-5-17-9-14/h10-13,15H,2-9H2,1H3. The second-order valence-corrected chi connectivity index (χ2v) is 9.87. The highest BCUT2D eigenvalue weighted by Gasteiger charge is 2.44. The minimum absolute atomic E-state index is 0.101. The molecular weight excluding hydrogens is 296 g/mol. The van der Waals surface area contributed by atoms with E-state index in [9.17, 15) is 5.11 Å². The van der Waals surface area contributed by atoms with Crippen LogP contribution in [0, 0.1) is 5.92 Å². The zero-order chi connectivity index (χ0) is 13.3. The summed E-state index contributed by atoms with van der Waals surface area (Å²) in [6.07, 6.45) is 3.17. The van der Waals surface area contributed by atoms with Crippen molar-refractivity contribution in [1.29, 1.82) is 0 Å². The number of rotatable bonds is 2. The summed E-state index contributed by atoms with van der Waals surface area (Å²) >= 11 is 6.03. The highest BCUT2D eigenvalue weighted by atomic mass is 32.2. The highest BCUT2D eigenvalue weighted by molar-refractivity contribution is 8.07. The van der Waals surface area contributed by atoms with E-state index < -0.39 is 0 Å². The first-order valence-corrected chi connectivity index (χ1v) is 10.6. The second kappa shape index (κ2) is 6.39. The van der Waals surface area contributed by atoms with Crippen LogP contribution in [0.15, 0.2) is 0 Å². The lowest BCUT2D eigenvalue weighted by molar-refractivity contribution is -0.101. The Morgan fingerprint density at radius 3 is 2.84 bits per heavy atom. The molecule has 5 atom stereocenters. The Hall–Kier alpha value is 0.970. The SMILES string of the molecule is CC1SCCSC1C(O)C1CCOC2(CCSC2)C1. The van der Waals surface area contributed by atoms with E-state index in [0.717, 1.165) is 25.2 Å². The van der Waals surface area contributed by atoms with E-state index in [4.69, 9.17) is 4.74 Å². The van der Waals surface area contributed by atoms with Crippen molar-refractivity contribution in [2.75, 3.05) is 29.6 Å². The predicted molar refractivity (Wildman–Crippen MR) is 87.5 cm³/mol. The largest absolute Gasteiger partial charge is 0.392 e. The second-order valence-electron chi connectivity index (χ2n) is 5.99. The van der Waals surface area contributed by atoms with Crippen molar-refractivity contribution in [3.05, 3.63) is 0 Å². The predicted octanol–water partition coefficient (Wildman–Crippen LogP) is 2.89. The van der Waals surface area contributed by atoms with Crippen LogP contribution in [0.4, 0.5) is 0 Å². The summed E-state index contributed by atoms with van der Waals surface area (Å²) in [5, 5.41) is 11.8. The number of hydrogen-bond acceptors (Lipinski definition) is 5. The molecule has 5 heteroatoms. The number of ether oxygens (including phenoxy) is 1.